The highest BCUT2D eigenvalue weighted by Gasteiger charge is 2.26. The third-order valence-electron chi connectivity index (χ3n) is 4.72. The Kier molecular flexibility index (Phi) is 6.75. The van der Waals surface area contributed by atoms with Crippen molar-refractivity contribution < 1.29 is 14.3 Å². The second-order valence-electron chi connectivity index (χ2n) is 6.74. The summed E-state index contributed by atoms with van der Waals surface area (Å²) in [6.07, 6.45) is 7.60. The van der Waals surface area contributed by atoms with Gasteiger partial charge in [0.25, 0.3) is 0 Å². The maximum Gasteiger partial charge on any atom is 0.356 e. The molecule has 3 rings (SSSR count). The van der Waals surface area contributed by atoms with Crippen molar-refractivity contribution in [1.29, 1.82) is 0 Å². The first-order chi connectivity index (χ1) is 14.5. The molecule has 0 saturated carbocycles. The predicted octanol–water partition coefficient (Wildman–Crippen LogP) is 3.79. The maximum atomic E-state index is 12.3. The number of nitrogens with one attached hydrogen (secondary N) is 1. The van der Waals surface area contributed by atoms with E-state index in [0.717, 1.165) is 22.8 Å². The topological polar surface area (TPSA) is 66.4 Å². The van der Waals surface area contributed by atoms with Crippen LogP contribution >= 0.6 is 0 Å². The van der Waals surface area contributed by atoms with Gasteiger partial charge >= 0.3 is 5.97 Å². The fourth-order valence-electron chi connectivity index (χ4n) is 3.01. The van der Waals surface area contributed by atoms with Crippen molar-refractivity contribution >= 4 is 28.7 Å². The van der Waals surface area contributed by atoms with Crippen LogP contribution in [0.2, 0.25) is 0 Å². The lowest BCUT2D eigenvalue weighted by Gasteiger charge is -2.27. The van der Waals surface area contributed by atoms with Gasteiger partial charge in [0.15, 0.2) is 5.71 Å². The van der Waals surface area contributed by atoms with Crippen LogP contribution in [0.15, 0.2) is 78.1 Å². The van der Waals surface area contributed by atoms with E-state index in [9.17, 15) is 4.79 Å². The molecule has 0 radical (unpaired) electrons. The molecule has 7 heteroatoms. The lowest BCUT2D eigenvalue weighted by molar-refractivity contribution is -0.133. The minimum Gasteiger partial charge on any atom is -0.497 e. The fourth-order valence-corrected chi connectivity index (χ4v) is 3.01. The zero-order valence-corrected chi connectivity index (χ0v) is 17.6. The Bertz CT molecular complexity index is 949. The van der Waals surface area contributed by atoms with Crippen molar-refractivity contribution in [3.8, 4) is 5.75 Å². The standard InChI is InChI=1S/C23H26N4O3/c1-26-16-6-5-7-21(26)22(23(28)30-4)25-27(2)19-12-8-17(9-13-19)24-18-10-14-20(29-3)15-11-18/h5-16,21,24H,1-4H3/b25-22-. The zero-order chi connectivity index (χ0) is 21.5. The molecular formula is C23H26N4O3. The Hall–Kier alpha value is -3.74. The summed E-state index contributed by atoms with van der Waals surface area (Å²) < 4.78 is 10.1. The average molecular weight is 406 g/mol. The molecule has 1 unspecified atom stereocenters. The molecule has 1 N–H and O–H groups in total. The summed E-state index contributed by atoms with van der Waals surface area (Å²) in [7, 11) is 6.70. The highest BCUT2D eigenvalue weighted by molar-refractivity contribution is 6.39. The van der Waals surface area contributed by atoms with Gasteiger partial charge in [-0.3, -0.25) is 5.01 Å². The van der Waals surface area contributed by atoms with E-state index in [1.165, 1.54) is 7.11 Å². The van der Waals surface area contributed by atoms with Crippen LogP contribution in [0.25, 0.3) is 0 Å². The van der Waals surface area contributed by atoms with Gasteiger partial charge in [0.05, 0.1) is 25.9 Å². The maximum absolute atomic E-state index is 12.3. The molecule has 0 aromatic heterocycles. The van der Waals surface area contributed by atoms with Crippen molar-refractivity contribution in [2.45, 2.75) is 6.04 Å². The lowest BCUT2D eigenvalue weighted by Crippen LogP contribution is -2.40. The quantitative estimate of drug-likeness (QED) is 0.429. The number of rotatable bonds is 7. The van der Waals surface area contributed by atoms with Crippen LogP contribution < -0.4 is 15.1 Å². The number of hydrogen-bond acceptors (Lipinski definition) is 7. The monoisotopic (exact) mass is 406 g/mol. The van der Waals surface area contributed by atoms with E-state index < -0.39 is 5.97 Å². The second-order valence-corrected chi connectivity index (χ2v) is 6.74. The first-order valence-electron chi connectivity index (χ1n) is 9.50. The molecule has 2 aromatic rings. The van der Waals surface area contributed by atoms with E-state index in [1.54, 1.807) is 19.2 Å². The number of carbonyl (C=O) groups excluding carboxylic acids is 1. The van der Waals surface area contributed by atoms with Crippen LogP contribution in [-0.2, 0) is 9.53 Å². The molecule has 0 fully saturated rings. The number of esters is 1. The van der Waals surface area contributed by atoms with E-state index in [-0.39, 0.29) is 6.04 Å². The Morgan fingerprint density at radius 3 is 2.23 bits per heavy atom. The van der Waals surface area contributed by atoms with Crippen LogP contribution in [0.1, 0.15) is 0 Å². The number of hydrogen-bond donors (Lipinski definition) is 1. The van der Waals surface area contributed by atoms with Crippen LogP contribution in [-0.4, -0.2) is 50.9 Å². The number of likely N-dealkylation sites (N-methyl/N-ethyl adjacent to an activating group) is 1. The summed E-state index contributed by atoms with van der Waals surface area (Å²) in [6.45, 7) is 0. The van der Waals surface area contributed by atoms with Crippen LogP contribution in [0.5, 0.6) is 5.75 Å². The minimum absolute atomic E-state index is 0.291. The third-order valence-corrected chi connectivity index (χ3v) is 4.72. The van der Waals surface area contributed by atoms with E-state index in [1.807, 2.05) is 84.9 Å². The number of allylic oxidation sites excluding steroid dienone is 2. The number of anilines is 3. The fraction of sp³-hybridized carbons (Fsp3) is 0.217. The van der Waals surface area contributed by atoms with Gasteiger partial charge in [-0.25, -0.2) is 4.79 Å². The molecule has 156 valence electrons. The van der Waals surface area contributed by atoms with Gasteiger partial charge in [0.1, 0.15) is 5.75 Å². The highest BCUT2D eigenvalue weighted by atomic mass is 16.5. The number of ether oxygens (including phenoxy) is 2. The van der Waals surface area contributed by atoms with Gasteiger partial charge in [-0.1, -0.05) is 12.2 Å². The molecule has 1 aliphatic rings. The predicted molar refractivity (Wildman–Crippen MR) is 120 cm³/mol. The number of nitrogens with zero attached hydrogens (tertiary/aromatic N) is 3. The van der Waals surface area contributed by atoms with E-state index >= 15 is 0 Å². The highest BCUT2D eigenvalue weighted by Crippen LogP contribution is 2.23. The molecule has 0 saturated heterocycles. The van der Waals surface area contributed by atoms with Crippen molar-refractivity contribution in [2.24, 2.45) is 5.10 Å². The Balaban J connectivity index is 1.75. The van der Waals surface area contributed by atoms with Crippen molar-refractivity contribution in [3.05, 3.63) is 73.0 Å². The van der Waals surface area contributed by atoms with E-state index in [4.69, 9.17) is 9.47 Å². The number of hydrazone groups is 1. The number of carbonyl (C=O) groups is 1. The molecule has 1 aliphatic heterocycles. The molecule has 2 aromatic carbocycles. The molecule has 0 amide bonds. The Morgan fingerprint density at radius 1 is 1.03 bits per heavy atom. The molecule has 0 bridgehead atoms. The van der Waals surface area contributed by atoms with E-state index in [2.05, 4.69) is 10.4 Å². The summed E-state index contributed by atoms with van der Waals surface area (Å²) in [6, 6.07) is 15.2. The van der Waals surface area contributed by atoms with Gasteiger partial charge in [0.2, 0.25) is 0 Å². The zero-order valence-electron chi connectivity index (χ0n) is 17.6. The first-order valence-corrected chi connectivity index (χ1v) is 9.50. The second kappa shape index (κ2) is 9.65. The average Bonchev–Trinajstić information content (AvgIpc) is 2.78. The summed E-state index contributed by atoms with van der Waals surface area (Å²) in [5.41, 5.74) is 3.05. The summed E-state index contributed by atoms with van der Waals surface area (Å²) in [5.74, 6) is 0.349. The minimum atomic E-state index is -0.462. The van der Waals surface area contributed by atoms with Gasteiger partial charge < -0.3 is 19.7 Å². The van der Waals surface area contributed by atoms with Crippen molar-refractivity contribution in [3.63, 3.8) is 0 Å². The first kappa shape index (κ1) is 21.0. The van der Waals surface area contributed by atoms with Crippen LogP contribution in [0, 0.1) is 0 Å². The summed E-state index contributed by atoms with van der Waals surface area (Å²) in [5, 5.41) is 9.55. The molecule has 1 heterocycles. The summed E-state index contributed by atoms with van der Waals surface area (Å²) >= 11 is 0. The third kappa shape index (κ3) is 5.00. The van der Waals surface area contributed by atoms with E-state index in [0.29, 0.717) is 5.71 Å². The molecule has 30 heavy (non-hydrogen) atoms. The number of benzene rings is 2. The van der Waals surface area contributed by atoms with Crippen molar-refractivity contribution in [2.75, 3.05) is 38.6 Å². The molecule has 0 spiro atoms. The SMILES string of the molecule is COC(=O)/C(=N\N(C)c1ccc(Nc2ccc(OC)cc2)cc1)C1C=CC=CN1C. The molecule has 7 nitrogen and oxygen atoms in total. The number of methoxy groups -OCH3 is 2. The van der Waals surface area contributed by atoms with Gasteiger partial charge in [-0.2, -0.15) is 5.10 Å². The van der Waals surface area contributed by atoms with Gasteiger partial charge in [-0.05, 0) is 60.8 Å². The van der Waals surface area contributed by atoms with Gasteiger partial charge in [-0.15, -0.1) is 0 Å². The van der Waals surface area contributed by atoms with Crippen LogP contribution in [0.3, 0.4) is 0 Å². The Morgan fingerprint density at radius 2 is 1.67 bits per heavy atom. The van der Waals surface area contributed by atoms with Gasteiger partial charge in [0, 0.05) is 25.5 Å². The largest absolute Gasteiger partial charge is 0.497 e. The smallest absolute Gasteiger partial charge is 0.356 e. The molecular weight excluding hydrogens is 380 g/mol. The Labute approximate surface area is 176 Å². The van der Waals surface area contributed by atoms with Crippen LogP contribution in [0.4, 0.5) is 17.1 Å². The summed E-state index contributed by atoms with van der Waals surface area (Å²) in [4.78, 5) is 14.3. The molecule has 1 atom stereocenters. The molecule has 0 aliphatic carbocycles. The normalized spacial score (nSPS) is 15.7. The lowest BCUT2D eigenvalue weighted by atomic mass is 10.1. The van der Waals surface area contributed by atoms with Crippen molar-refractivity contribution in [1.82, 2.24) is 4.90 Å².